The van der Waals surface area contributed by atoms with Crippen LogP contribution in [0.2, 0.25) is 5.02 Å². The van der Waals surface area contributed by atoms with Gasteiger partial charge < -0.3 is 9.80 Å². The second-order valence-corrected chi connectivity index (χ2v) is 9.05. The highest BCUT2D eigenvalue weighted by atomic mass is 35.5. The van der Waals surface area contributed by atoms with Crippen molar-refractivity contribution < 1.29 is 18.0 Å². The van der Waals surface area contributed by atoms with E-state index < -0.39 is 9.84 Å². The van der Waals surface area contributed by atoms with E-state index in [-0.39, 0.29) is 36.6 Å². The zero-order valence-electron chi connectivity index (χ0n) is 13.4. The number of rotatable bonds is 3. The lowest BCUT2D eigenvalue weighted by atomic mass is 9.90. The molecule has 1 aromatic carbocycles. The van der Waals surface area contributed by atoms with Gasteiger partial charge in [-0.3, -0.25) is 9.59 Å². The molecular formula is C16H19ClN2O4S. The average molecular weight is 371 g/mol. The van der Waals surface area contributed by atoms with Gasteiger partial charge in [-0.2, -0.15) is 0 Å². The van der Waals surface area contributed by atoms with Gasteiger partial charge in [0.25, 0.3) is 0 Å². The number of nitrogens with zero attached hydrogens (tertiary/aromatic N) is 2. The molecule has 6 nitrogen and oxygen atoms in total. The first kappa shape index (κ1) is 17.2. The van der Waals surface area contributed by atoms with Crippen LogP contribution in [0.5, 0.6) is 0 Å². The molecule has 8 heteroatoms. The summed E-state index contributed by atoms with van der Waals surface area (Å²) in [6, 6.07) is 5.43. The van der Waals surface area contributed by atoms with Crippen LogP contribution in [-0.2, 0) is 25.8 Å². The van der Waals surface area contributed by atoms with Gasteiger partial charge in [0.15, 0.2) is 0 Å². The van der Waals surface area contributed by atoms with Crippen LogP contribution in [0.4, 0.5) is 0 Å². The number of hydrogen-bond acceptors (Lipinski definition) is 4. The number of halogens is 1. The van der Waals surface area contributed by atoms with Crippen LogP contribution in [-0.4, -0.2) is 61.7 Å². The molecule has 1 fully saturated rings. The van der Waals surface area contributed by atoms with Gasteiger partial charge >= 0.3 is 0 Å². The van der Waals surface area contributed by atoms with Crippen LogP contribution in [0.1, 0.15) is 23.6 Å². The van der Waals surface area contributed by atoms with E-state index in [0.29, 0.717) is 18.1 Å². The fourth-order valence-corrected chi connectivity index (χ4v) is 4.04. The summed E-state index contributed by atoms with van der Waals surface area (Å²) in [5.74, 6) is -0.611. The second-order valence-electron chi connectivity index (χ2n) is 6.35. The monoisotopic (exact) mass is 370 g/mol. The van der Waals surface area contributed by atoms with Crippen molar-refractivity contribution in [2.75, 3.05) is 31.6 Å². The Morgan fingerprint density at radius 2 is 2.12 bits per heavy atom. The summed E-state index contributed by atoms with van der Waals surface area (Å²) in [6.45, 7) is 1.01. The van der Waals surface area contributed by atoms with Crippen molar-refractivity contribution in [2.45, 2.75) is 18.9 Å². The number of fused-ring (bicyclic) bond motifs is 3. The fourth-order valence-electron chi connectivity index (χ4n) is 3.31. The minimum absolute atomic E-state index is 0.00892. The predicted molar refractivity (Wildman–Crippen MR) is 90.5 cm³/mol. The Labute approximate surface area is 146 Å². The zero-order valence-corrected chi connectivity index (χ0v) is 14.9. The number of hydrogen-bond donors (Lipinski definition) is 0. The third-order valence-corrected chi connectivity index (χ3v) is 5.73. The van der Waals surface area contributed by atoms with Gasteiger partial charge in [0.1, 0.15) is 9.84 Å². The van der Waals surface area contributed by atoms with Crippen molar-refractivity contribution >= 4 is 33.3 Å². The average Bonchev–Trinajstić information content (AvgIpc) is 2.51. The van der Waals surface area contributed by atoms with Crippen molar-refractivity contribution in [1.29, 1.82) is 0 Å². The van der Waals surface area contributed by atoms with Crippen LogP contribution < -0.4 is 0 Å². The molecule has 2 amide bonds. The minimum atomic E-state index is -3.21. The first-order chi connectivity index (χ1) is 11.2. The molecule has 2 aliphatic rings. The van der Waals surface area contributed by atoms with Crippen LogP contribution in [0.3, 0.4) is 0 Å². The van der Waals surface area contributed by atoms with Gasteiger partial charge in [0, 0.05) is 30.8 Å². The highest BCUT2D eigenvalue weighted by molar-refractivity contribution is 7.90. The van der Waals surface area contributed by atoms with Gasteiger partial charge in [-0.25, -0.2) is 8.42 Å². The highest BCUT2D eigenvalue weighted by Gasteiger charge is 2.38. The van der Waals surface area contributed by atoms with E-state index >= 15 is 0 Å². The van der Waals surface area contributed by atoms with Crippen LogP contribution in [0.25, 0.3) is 0 Å². The Morgan fingerprint density at radius 1 is 1.38 bits per heavy atom. The summed E-state index contributed by atoms with van der Waals surface area (Å²) in [5, 5.41) is 0.601. The number of benzene rings is 1. The van der Waals surface area contributed by atoms with Crippen molar-refractivity contribution in [3.8, 4) is 0 Å². The highest BCUT2D eigenvalue weighted by Crippen LogP contribution is 2.34. The number of sulfone groups is 1. The topological polar surface area (TPSA) is 74.8 Å². The molecule has 0 saturated carbocycles. The third-order valence-electron chi connectivity index (χ3n) is 4.54. The Kier molecular flexibility index (Phi) is 4.57. The van der Waals surface area contributed by atoms with Crippen LogP contribution >= 0.6 is 11.6 Å². The fraction of sp³-hybridized carbons (Fsp3) is 0.500. The molecule has 1 aromatic rings. The Balaban J connectivity index is 1.81. The van der Waals surface area contributed by atoms with Crippen LogP contribution in [0, 0.1) is 0 Å². The van der Waals surface area contributed by atoms with E-state index in [1.807, 2.05) is 18.2 Å². The summed E-state index contributed by atoms with van der Waals surface area (Å²) < 4.78 is 22.5. The first-order valence-corrected chi connectivity index (χ1v) is 10.2. The van der Waals surface area contributed by atoms with Crippen molar-refractivity contribution in [3.63, 3.8) is 0 Å². The largest absolute Gasteiger partial charge is 0.332 e. The van der Waals surface area contributed by atoms with E-state index in [1.165, 1.54) is 4.90 Å². The number of amides is 2. The SMILES string of the molecule is CS(=O)(=O)CCC(=O)N1CC(=O)N2CCc3ccc(Cl)cc3C2C1. The van der Waals surface area contributed by atoms with Crippen LogP contribution in [0.15, 0.2) is 18.2 Å². The molecule has 0 N–H and O–H groups in total. The number of piperazine rings is 1. The summed E-state index contributed by atoms with van der Waals surface area (Å²) >= 11 is 6.09. The molecule has 0 aromatic heterocycles. The molecule has 2 aliphatic heterocycles. The van der Waals surface area contributed by atoms with E-state index in [4.69, 9.17) is 11.6 Å². The minimum Gasteiger partial charge on any atom is -0.332 e. The lowest BCUT2D eigenvalue weighted by molar-refractivity contribution is -0.149. The molecule has 0 radical (unpaired) electrons. The molecular weight excluding hydrogens is 352 g/mol. The molecule has 1 saturated heterocycles. The van der Waals surface area contributed by atoms with E-state index in [2.05, 4.69) is 0 Å². The lowest BCUT2D eigenvalue weighted by Crippen LogP contribution is -2.55. The van der Waals surface area contributed by atoms with Gasteiger partial charge in [-0.15, -0.1) is 0 Å². The van der Waals surface area contributed by atoms with E-state index in [0.717, 1.165) is 23.8 Å². The van der Waals surface area contributed by atoms with Crippen molar-refractivity contribution in [3.05, 3.63) is 34.3 Å². The molecule has 0 spiro atoms. The molecule has 3 rings (SSSR count). The lowest BCUT2D eigenvalue weighted by Gasteiger charge is -2.44. The maximum Gasteiger partial charge on any atom is 0.242 e. The van der Waals surface area contributed by atoms with Gasteiger partial charge in [0.05, 0.1) is 18.3 Å². The van der Waals surface area contributed by atoms with Gasteiger partial charge in [0.2, 0.25) is 11.8 Å². The Bertz CT molecular complexity index is 793. The van der Waals surface area contributed by atoms with E-state index in [1.54, 1.807) is 4.90 Å². The first-order valence-electron chi connectivity index (χ1n) is 7.78. The molecule has 0 bridgehead atoms. The molecule has 24 heavy (non-hydrogen) atoms. The molecule has 0 aliphatic carbocycles. The summed E-state index contributed by atoms with van der Waals surface area (Å²) in [4.78, 5) is 28.0. The van der Waals surface area contributed by atoms with Crippen molar-refractivity contribution in [1.82, 2.24) is 9.80 Å². The number of carbonyl (C=O) groups is 2. The summed E-state index contributed by atoms with van der Waals surface area (Å²) in [6.07, 6.45) is 1.78. The van der Waals surface area contributed by atoms with E-state index in [9.17, 15) is 18.0 Å². The quantitative estimate of drug-likeness (QED) is 0.796. The summed E-state index contributed by atoms with van der Waals surface area (Å²) in [5.41, 5.74) is 2.11. The van der Waals surface area contributed by atoms with Gasteiger partial charge in [-0.1, -0.05) is 17.7 Å². The normalized spacial score (nSPS) is 20.6. The Morgan fingerprint density at radius 3 is 2.83 bits per heavy atom. The third kappa shape index (κ3) is 3.57. The smallest absolute Gasteiger partial charge is 0.242 e. The predicted octanol–water partition coefficient (Wildman–Crippen LogP) is 1.04. The molecule has 1 unspecified atom stereocenters. The molecule has 2 heterocycles. The second kappa shape index (κ2) is 6.37. The van der Waals surface area contributed by atoms with Crippen molar-refractivity contribution in [2.24, 2.45) is 0 Å². The summed E-state index contributed by atoms with van der Waals surface area (Å²) in [7, 11) is -3.21. The standard InChI is InChI=1S/C16H19ClN2O4S/c1-24(22,23)7-5-15(20)18-9-14-13-8-12(17)3-2-11(13)4-6-19(14)16(21)10-18/h2-3,8,14H,4-7,9-10H2,1H3. The zero-order chi connectivity index (χ0) is 17.5. The number of carbonyl (C=O) groups excluding carboxylic acids is 2. The molecule has 1 atom stereocenters. The van der Waals surface area contributed by atoms with Gasteiger partial charge in [-0.05, 0) is 29.7 Å². The maximum atomic E-state index is 12.4. The Hall–Kier alpha value is -1.60. The molecule has 130 valence electrons. The maximum absolute atomic E-state index is 12.4.